The standard InChI is InChI=1S/C15H28N2O2/c1-12(2)11-17(8-9-19-3)14(18)13-10-15(13)4-6-16-7-5-15/h12-13,16H,4-11H2,1-3H3. The molecule has 4 heteroatoms. The van der Waals surface area contributed by atoms with E-state index in [2.05, 4.69) is 19.2 Å². The van der Waals surface area contributed by atoms with Crippen molar-refractivity contribution < 1.29 is 9.53 Å². The molecule has 1 saturated carbocycles. The van der Waals surface area contributed by atoms with Crippen LogP contribution in [-0.2, 0) is 9.53 Å². The molecule has 0 aromatic carbocycles. The van der Waals surface area contributed by atoms with E-state index in [-0.39, 0.29) is 5.92 Å². The van der Waals surface area contributed by atoms with Gasteiger partial charge in [-0.25, -0.2) is 0 Å². The topological polar surface area (TPSA) is 41.6 Å². The molecule has 1 saturated heterocycles. The van der Waals surface area contributed by atoms with Crippen LogP contribution < -0.4 is 5.32 Å². The largest absolute Gasteiger partial charge is 0.383 e. The van der Waals surface area contributed by atoms with E-state index in [4.69, 9.17) is 4.74 Å². The van der Waals surface area contributed by atoms with E-state index in [1.165, 1.54) is 12.8 Å². The molecule has 19 heavy (non-hydrogen) atoms. The Kier molecular flexibility index (Phi) is 4.85. The second-order valence-corrected chi connectivity index (χ2v) is 6.54. The molecule has 2 fully saturated rings. The lowest BCUT2D eigenvalue weighted by molar-refractivity contribution is -0.134. The minimum Gasteiger partial charge on any atom is -0.383 e. The molecule has 1 amide bonds. The lowest BCUT2D eigenvalue weighted by Gasteiger charge is -2.28. The van der Waals surface area contributed by atoms with Gasteiger partial charge in [0.1, 0.15) is 0 Å². The molecule has 1 aliphatic heterocycles. The highest BCUT2D eigenvalue weighted by Gasteiger charge is 2.58. The number of ether oxygens (including phenoxy) is 1. The van der Waals surface area contributed by atoms with Crippen LogP contribution in [0, 0.1) is 17.3 Å². The molecule has 1 unspecified atom stereocenters. The van der Waals surface area contributed by atoms with E-state index in [1.54, 1.807) is 7.11 Å². The molecule has 1 atom stereocenters. The summed E-state index contributed by atoms with van der Waals surface area (Å²) < 4.78 is 5.14. The van der Waals surface area contributed by atoms with Gasteiger partial charge in [-0.05, 0) is 43.7 Å². The number of carbonyl (C=O) groups is 1. The summed E-state index contributed by atoms with van der Waals surface area (Å²) >= 11 is 0. The zero-order valence-corrected chi connectivity index (χ0v) is 12.6. The second-order valence-electron chi connectivity index (χ2n) is 6.54. The van der Waals surface area contributed by atoms with Gasteiger partial charge >= 0.3 is 0 Å². The highest BCUT2D eigenvalue weighted by molar-refractivity contribution is 5.82. The lowest BCUT2D eigenvalue weighted by Crippen LogP contribution is -2.40. The number of nitrogens with zero attached hydrogens (tertiary/aromatic N) is 1. The van der Waals surface area contributed by atoms with Crippen LogP contribution in [0.3, 0.4) is 0 Å². The van der Waals surface area contributed by atoms with E-state index < -0.39 is 0 Å². The third-order valence-corrected chi connectivity index (χ3v) is 4.55. The van der Waals surface area contributed by atoms with Crippen LogP contribution in [0.25, 0.3) is 0 Å². The SMILES string of the molecule is COCCN(CC(C)C)C(=O)C1CC12CCNCC2. The molecule has 1 heterocycles. The van der Waals surface area contributed by atoms with Crippen molar-refractivity contribution in [2.24, 2.45) is 17.3 Å². The molecule has 4 nitrogen and oxygen atoms in total. The third kappa shape index (κ3) is 3.48. The first kappa shape index (κ1) is 14.8. The maximum atomic E-state index is 12.7. The van der Waals surface area contributed by atoms with Crippen LogP contribution in [0.2, 0.25) is 0 Å². The number of carbonyl (C=O) groups excluding carboxylic acids is 1. The molecule has 1 aliphatic carbocycles. The highest BCUT2D eigenvalue weighted by Crippen LogP contribution is 2.59. The Morgan fingerprint density at radius 1 is 1.42 bits per heavy atom. The number of piperidine rings is 1. The van der Waals surface area contributed by atoms with Gasteiger partial charge in [-0.3, -0.25) is 4.79 Å². The Labute approximate surface area is 116 Å². The van der Waals surface area contributed by atoms with E-state index in [0.717, 1.165) is 32.6 Å². The zero-order valence-electron chi connectivity index (χ0n) is 12.6. The number of nitrogens with one attached hydrogen (secondary N) is 1. The summed E-state index contributed by atoms with van der Waals surface area (Å²) in [6.07, 6.45) is 3.45. The first-order valence-corrected chi connectivity index (χ1v) is 7.57. The minimum atomic E-state index is 0.283. The predicted molar refractivity (Wildman–Crippen MR) is 75.9 cm³/mol. The fourth-order valence-corrected chi connectivity index (χ4v) is 3.33. The van der Waals surface area contributed by atoms with Gasteiger partial charge in [0.25, 0.3) is 0 Å². The Morgan fingerprint density at radius 3 is 2.68 bits per heavy atom. The van der Waals surface area contributed by atoms with Gasteiger partial charge in [0.15, 0.2) is 0 Å². The number of amides is 1. The van der Waals surface area contributed by atoms with Crippen LogP contribution in [0.15, 0.2) is 0 Å². The van der Waals surface area contributed by atoms with Crippen LogP contribution in [0.1, 0.15) is 33.1 Å². The van der Waals surface area contributed by atoms with Crippen molar-refractivity contribution in [2.75, 3.05) is 39.9 Å². The molecule has 0 aromatic heterocycles. The van der Waals surface area contributed by atoms with Crippen molar-refractivity contribution in [3.05, 3.63) is 0 Å². The number of hydrogen-bond donors (Lipinski definition) is 1. The molecular formula is C15H28N2O2. The first-order chi connectivity index (χ1) is 9.09. The number of hydrogen-bond acceptors (Lipinski definition) is 3. The summed E-state index contributed by atoms with van der Waals surface area (Å²) in [7, 11) is 1.70. The van der Waals surface area contributed by atoms with Crippen molar-refractivity contribution in [3.63, 3.8) is 0 Å². The van der Waals surface area contributed by atoms with E-state index in [0.29, 0.717) is 23.8 Å². The molecule has 1 spiro atoms. The summed E-state index contributed by atoms with van der Waals surface area (Å²) in [4.78, 5) is 14.7. The number of methoxy groups -OCH3 is 1. The van der Waals surface area contributed by atoms with Gasteiger partial charge in [-0.1, -0.05) is 13.8 Å². The molecule has 2 rings (SSSR count). The van der Waals surface area contributed by atoms with Crippen LogP contribution >= 0.6 is 0 Å². The van der Waals surface area contributed by atoms with Crippen LogP contribution in [-0.4, -0.2) is 50.7 Å². The van der Waals surface area contributed by atoms with E-state index in [1.807, 2.05) is 4.90 Å². The number of rotatable bonds is 6. The van der Waals surface area contributed by atoms with Crippen LogP contribution in [0.5, 0.6) is 0 Å². The molecule has 0 bridgehead atoms. The maximum absolute atomic E-state index is 12.7. The van der Waals surface area contributed by atoms with Gasteiger partial charge in [-0.15, -0.1) is 0 Å². The fourth-order valence-electron chi connectivity index (χ4n) is 3.33. The van der Waals surface area contributed by atoms with E-state index in [9.17, 15) is 4.79 Å². The van der Waals surface area contributed by atoms with Crippen molar-refractivity contribution in [1.82, 2.24) is 10.2 Å². The molecule has 0 aromatic rings. The van der Waals surface area contributed by atoms with Crippen molar-refractivity contribution in [2.45, 2.75) is 33.1 Å². The Morgan fingerprint density at radius 2 is 2.11 bits per heavy atom. The summed E-state index contributed by atoms with van der Waals surface area (Å²) in [6, 6.07) is 0. The van der Waals surface area contributed by atoms with Crippen molar-refractivity contribution in [3.8, 4) is 0 Å². The second kappa shape index (κ2) is 6.23. The van der Waals surface area contributed by atoms with Crippen LogP contribution in [0.4, 0.5) is 0 Å². The predicted octanol–water partition coefficient (Wildman–Crippen LogP) is 1.51. The quantitative estimate of drug-likeness (QED) is 0.794. The van der Waals surface area contributed by atoms with Gasteiger partial charge in [0, 0.05) is 26.1 Å². The van der Waals surface area contributed by atoms with Crippen molar-refractivity contribution in [1.29, 1.82) is 0 Å². The van der Waals surface area contributed by atoms with Gasteiger partial charge in [0.05, 0.1) is 6.61 Å². The van der Waals surface area contributed by atoms with Gasteiger partial charge in [0.2, 0.25) is 5.91 Å². The fraction of sp³-hybridized carbons (Fsp3) is 0.933. The normalized spacial score (nSPS) is 24.7. The Balaban J connectivity index is 1.92. The summed E-state index contributed by atoms with van der Waals surface area (Å²) in [5.41, 5.74) is 0.338. The molecular weight excluding hydrogens is 240 g/mol. The monoisotopic (exact) mass is 268 g/mol. The molecule has 110 valence electrons. The highest BCUT2D eigenvalue weighted by atomic mass is 16.5. The smallest absolute Gasteiger partial charge is 0.226 e. The zero-order chi connectivity index (χ0) is 13.9. The molecule has 2 aliphatic rings. The average molecular weight is 268 g/mol. The lowest BCUT2D eigenvalue weighted by atomic mass is 9.91. The summed E-state index contributed by atoms with van der Waals surface area (Å²) in [5.74, 6) is 1.17. The van der Waals surface area contributed by atoms with E-state index >= 15 is 0 Å². The molecule has 1 N–H and O–H groups in total. The summed E-state index contributed by atoms with van der Waals surface area (Å²) in [6.45, 7) is 8.71. The maximum Gasteiger partial charge on any atom is 0.226 e. The van der Waals surface area contributed by atoms with Gasteiger partial charge in [-0.2, -0.15) is 0 Å². The van der Waals surface area contributed by atoms with Crippen molar-refractivity contribution >= 4 is 5.91 Å². The third-order valence-electron chi connectivity index (χ3n) is 4.55. The van der Waals surface area contributed by atoms with Gasteiger partial charge < -0.3 is 15.0 Å². The molecule has 0 radical (unpaired) electrons. The summed E-state index contributed by atoms with van der Waals surface area (Å²) in [5, 5.41) is 3.39. The Hall–Kier alpha value is -0.610. The average Bonchev–Trinajstić information content (AvgIpc) is 3.07. The minimum absolute atomic E-state index is 0.283. The first-order valence-electron chi connectivity index (χ1n) is 7.57. The Bertz CT molecular complexity index is 311.